The number of ether oxygens (including phenoxy) is 1. The van der Waals surface area contributed by atoms with Crippen LogP contribution in [0, 0.1) is 6.92 Å². The number of carbonyl (C=O) groups excluding carboxylic acids is 1. The van der Waals surface area contributed by atoms with Gasteiger partial charge in [0.2, 0.25) is 5.91 Å². The van der Waals surface area contributed by atoms with E-state index < -0.39 is 0 Å². The van der Waals surface area contributed by atoms with Gasteiger partial charge in [-0.15, -0.1) is 10.2 Å². The van der Waals surface area contributed by atoms with Crippen molar-refractivity contribution in [2.45, 2.75) is 25.1 Å². The average Bonchev–Trinajstić information content (AvgIpc) is 3.06. The van der Waals surface area contributed by atoms with Crippen LogP contribution in [0.25, 0.3) is 0 Å². The van der Waals surface area contributed by atoms with Gasteiger partial charge in [0.05, 0.1) is 16.5 Å². The number of nitrogens with zero attached hydrogens (tertiary/aromatic N) is 3. The van der Waals surface area contributed by atoms with Crippen LogP contribution < -0.4 is 10.1 Å². The number of amides is 1. The van der Waals surface area contributed by atoms with Crippen LogP contribution in [-0.2, 0) is 11.8 Å². The molecule has 0 fully saturated rings. The van der Waals surface area contributed by atoms with Gasteiger partial charge in [-0.25, -0.2) is 0 Å². The highest BCUT2D eigenvalue weighted by Gasteiger charge is 2.19. The van der Waals surface area contributed by atoms with Gasteiger partial charge in [-0.05, 0) is 55.8 Å². The van der Waals surface area contributed by atoms with Crippen LogP contribution in [-0.4, -0.2) is 26.4 Å². The predicted molar refractivity (Wildman–Crippen MR) is 122 cm³/mol. The van der Waals surface area contributed by atoms with E-state index in [1.165, 1.54) is 11.8 Å². The lowest BCUT2D eigenvalue weighted by Gasteiger charge is -2.16. The first-order chi connectivity index (χ1) is 14.2. The molecule has 0 saturated carbocycles. The van der Waals surface area contributed by atoms with Gasteiger partial charge in [-0.3, -0.25) is 4.79 Å². The average molecular weight is 486 g/mol. The summed E-state index contributed by atoms with van der Waals surface area (Å²) in [7, 11) is 1.83. The highest BCUT2D eigenvalue weighted by atomic mass is 35.5. The van der Waals surface area contributed by atoms with Crippen LogP contribution in [0.1, 0.15) is 24.4 Å². The number of aryl methyl sites for hydroxylation is 1. The molecule has 1 heterocycles. The quantitative estimate of drug-likeness (QED) is 0.418. The minimum absolute atomic E-state index is 0.139. The number of hydrogen-bond acceptors (Lipinski definition) is 5. The minimum Gasteiger partial charge on any atom is -0.482 e. The Balaban J connectivity index is 1.62. The maximum absolute atomic E-state index is 12.3. The molecule has 6 nitrogen and oxygen atoms in total. The summed E-state index contributed by atoms with van der Waals surface area (Å²) in [5.74, 6) is 1.28. The second kappa shape index (κ2) is 9.92. The van der Waals surface area contributed by atoms with Crippen LogP contribution in [0.5, 0.6) is 5.75 Å². The van der Waals surface area contributed by atoms with Crippen molar-refractivity contribution in [1.29, 1.82) is 0 Å². The Hall–Kier alpha value is -1.93. The van der Waals surface area contributed by atoms with Gasteiger partial charge in [0.1, 0.15) is 5.75 Å². The highest BCUT2D eigenvalue weighted by molar-refractivity contribution is 7.99. The smallest absolute Gasteiger partial charge is 0.234 e. The Labute approximate surface area is 193 Å². The second-order valence-corrected chi connectivity index (χ2v) is 8.75. The first kappa shape index (κ1) is 22.7. The van der Waals surface area contributed by atoms with Crippen molar-refractivity contribution in [3.63, 3.8) is 0 Å². The molecule has 0 bridgehead atoms. The third kappa shape index (κ3) is 5.60. The van der Waals surface area contributed by atoms with Crippen LogP contribution in [0.4, 0.5) is 5.69 Å². The van der Waals surface area contributed by atoms with Crippen LogP contribution >= 0.6 is 46.6 Å². The maximum atomic E-state index is 12.3. The van der Waals surface area contributed by atoms with Crippen molar-refractivity contribution in [3.05, 3.63) is 62.9 Å². The van der Waals surface area contributed by atoms with E-state index in [4.69, 9.17) is 39.5 Å². The zero-order valence-corrected chi connectivity index (χ0v) is 19.5. The maximum Gasteiger partial charge on any atom is 0.234 e. The molecule has 158 valence electrons. The Morgan fingerprint density at radius 3 is 2.60 bits per heavy atom. The lowest BCUT2D eigenvalue weighted by Crippen LogP contribution is -2.15. The first-order valence-electron chi connectivity index (χ1n) is 8.94. The summed E-state index contributed by atoms with van der Waals surface area (Å²) in [6.45, 7) is 3.82. The molecule has 30 heavy (non-hydrogen) atoms. The molecular weight excluding hydrogens is 467 g/mol. The van der Waals surface area contributed by atoms with E-state index in [0.29, 0.717) is 31.7 Å². The SMILES string of the molecule is Cc1cc(Cl)ccc1OC(C)c1nnc(SCC(=O)Nc2cc(Cl)ccc2Cl)n1C. The summed E-state index contributed by atoms with van der Waals surface area (Å²) in [4.78, 5) is 12.3. The molecule has 1 amide bonds. The topological polar surface area (TPSA) is 69.0 Å². The van der Waals surface area contributed by atoms with Gasteiger partial charge >= 0.3 is 0 Å². The van der Waals surface area contributed by atoms with Crippen molar-refractivity contribution >= 4 is 58.2 Å². The summed E-state index contributed by atoms with van der Waals surface area (Å²) < 4.78 is 7.82. The van der Waals surface area contributed by atoms with Crippen LogP contribution in [0.2, 0.25) is 15.1 Å². The molecule has 10 heteroatoms. The van der Waals surface area contributed by atoms with Gasteiger partial charge in [0, 0.05) is 17.1 Å². The fourth-order valence-corrected chi connectivity index (χ4v) is 3.99. The van der Waals surface area contributed by atoms with Gasteiger partial charge in [0.25, 0.3) is 0 Å². The molecule has 0 aliphatic heterocycles. The zero-order valence-electron chi connectivity index (χ0n) is 16.4. The van der Waals surface area contributed by atoms with Gasteiger partial charge < -0.3 is 14.6 Å². The molecule has 0 aliphatic rings. The van der Waals surface area contributed by atoms with E-state index in [9.17, 15) is 4.79 Å². The third-order valence-electron chi connectivity index (χ3n) is 4.21. The van der Waals surface area contributed by atoms with Crippen LogP contribution in [0.3, 0.4) is 0 Å². The molecule has 1 atom stereocenters. The van der Waals surface area contributed by atoms with E-state index in [2.05, 4.69) is 15.5 Å². The second-order valence-electron chi connectivity index (χ2n) is 6.53. The predicted octanol–water partition coefficient (Wildman–Crippen LogP) is 5.95. The summed E-state index contributed by atoms with van der Waals surface area (Å²) >= 11 is 19.3. The highest BCUT2D eigenvalue weighted by Crippen LogP contribution is 2.28. The number of carbonyl (C=O) groups is 1. The number of halogens is 3. The third-order valence-corrected chi connectivity index (χ3v) is 6.03. The van der Waals surface area contributed by atoms with Crippen molar-refractivity contribution < 1.29 is 9.53 Å². The fourth-order valence-electron chi connectivity index (χ4n) is 2.70. The van der Waals surface area contributed by atoms with E-state index in [-0.39, 0.29) is 17.8 Å². The van der Waals surface area contributed by atoms with Crippen LogP contribution in [0.15, 0.2) is 41.6 Å². The molecular formula is C20H19Cl3N4O2S. The molecule has 1 unspecified atom stereocenters. The molecule has 1 N–H and O–H groups in total. The Kier molecular flexibility index (Phi) is 7.52. The molecule has 0 aliphatic carbocycles. The molecule has 2 aromatic carbocycles. The number of hydrogen-bond donors (Lipinski definition) is 1. The fraction of sp³-hybridized carbons (Fsp3) is 0.250. The molecule has 0 saturated heterocycles. The lowest BCUT2D eigenvalue weighted by atomic mass is 10.2. The Morgan fingerprint density at radius 2 is 1.87 bits per heavy atom. The number of anilines is 1. The van der Waals surface area contributed by atoms with Crippen molar-refractivity contribution in [1.82, 2.24) is 14.8 Å². The van der Waals surface area contributed by atoms with E-state index in [1.807, 2.05) is 33.0 Å². The zero-order chi connectivity index (χ0) is 21.8. The summed E-state index contributed by atoms with van der Waals surface area (Å²) in [6, 6.07) is 10.3. The van der Waals surface area contributed by atoms with Crippen molar-refractivity contribution in [2.24, 2.45) is 7.05 Å². The Morgan fingerprint density at radius 1 is 1.17 bits per heavy atom. The number of aromatic nitrogens is 3. The normalized spacial score (nSPS) is 11.9. The molecule has 0 spiro atoms. The molecule has 1 aromatic heterocycles. The number of rotatable bonds is 7. The van der Waals surface area contributed by atoms with E-state index in [1.54, 1.807) is 28.8 Å². The van der Waals surface area contributed by atoms with Gasteiger partial charge in [-0.2, -0.15) is 0 Å². The van der Waals surface area contributed by atoms with Gasteiger partial charge in [0.15, 0.2) is 17.1 Å². The summed E-state index contributed by atoms with van der Waals surface area (Å²) in [5, 5.41) is 13.3. The number of thioether (sulfide) groups is 1. The Bertz CT molecular complexity index is 1070. The monoisotopic (exact) mass is 484 g/mol. The number of benzene rings is 2. The van der Waals surface area contributed by atoms with E-state index >= 15 is 0 Å². The minimum atomic E-state index is -0.337. The standard InChI is InChI=1S/C20H19Cl3N4O2S/c1-11-8-13(21)5-7-17(11)29-12(2)19-25-26-20(27(19)3)30-10-18(28)24-16-9-14(22)4-6-15(16)23/h4-9,12H,10H2,1-3H3,(H,24,28). The van der Waals surface area contributed by atoms with Crippen molar-refractivity contribution in [2.75, 3.05) is 11.1 Å². The first-order valence-corrected chi connectivity index (χ1v) is 11.1. The molecule has 3 rings (SSSR count). The number of nitrogens with one attached hydrogen (secondary N) is 1. The molecule has 0 radical (unpaired) electrons. The largest absolute Gasteiger partial charge is 0.482 e. The lowest BCUT2D eigenvalue weighted by molar-refractivity contribution is -0.113. The molecule has 3 aromatic rings. The summed E-state index contributed by atoms with van der Waals surface area (Å²) in [6.07, 6.45) is -0.337. The summed E-state index contributed by atoms with van der Waals surface area (Å²) in [5.41, 5.74) is 1.40. The van der Waals surface area contributed by atoms with E-state index in [0.717, 1.165) is 11.3 Å². The van der Waals surface area contributed by atoms with Crippen molar-refractivity contribution in [3.8, 4) is 5.75 Å². The van der Waals surface area contributed by atoms with Gasteiger partial charge in [-0.1, -0.05) is 46.6 Å².